The van der Waals surface area contributed by atoms with Gasteiger partial charge in [0.15, 0.2) is 0 Å². The molecule has 3 heterocycles. The molecule has 2 amide bonds. The zero-order valence-corrected chi connectivity index (χ0v) is 23.1. The lowest BCUT2D eigenvalue weighted by molar-refractivity contribution is 0.00855. The van der Waals surface area contributed by atoms with Crippen LogP contribution in [0.1, 0.15) is 69.7 Å². The van der Waals surface area contributed by atoms with E-state index in [0.29, 0.717) is 31.8 Å². The van der Waals surface area contributed by atoms with Gasteiger partial charge in [0, 0.05) is 43.2 Å². The van der Waals surface area contributed by atoms with E-state index in [9.17, 15) is 9.59 Å². The number of ether oxygens (including phenoxy) is 2. The van der Waals surface area contributed by atoms with Gasteiger partial charge in [-0.1, -0.05) is 18.2 Å². The Morgan fingerprint density at radius 2 is 1.76 bits per heavy atom. The van der Waals surface area contributed by atoms with Crippen molar-refractivity contribution in [3.05, 3.63) is 48.3 Å². The molecule has 2 aliphatic heterocycles. The van der Waals surface area contributed by atoms with E-state index in [2.05, 4.69) is 15.6 Å². The van der Waals surface area contributed by atoms with E-state index >= 15 is 0 Å². The number of aromatic nitrogens is 1. The maximum atomic E-state index is 13.3. The van der Waals surface area contributed by atoms with Crippen molar-refractivity contribution >= 4 is 12.0 Å². The molecule has 2 aromatic rings. The number of likely N-dealkylation sites (tertiary alicyclic amines) is 1. The van der Waals surface area contributed by atoms with Gasteiger partial charge in [-0.3, -0.25) is 9.78 Å². The average molecular weight is 523 g/mol. The summed E-state index contributed by atoms with van der Waals surface area (Å²) in [5.74, 6) is 0.669. The molecule has 206 valence electrons. The number of benzene rings is 1. The molecule has 0 radical (unpaired) electrons. The van der Waals surface area contributed by atoms with Crippen LogP contribution in [0.3, 0.4) is 0 Å². The maximum absolute atomic E-state index is 13.3. The molecule has 1 aromatic heterocycles. The van der Waals surface area contributed by atoms with Gasteiger partial charge in [-0.05, 0) is 89.9 Å². The van der Waals surface area contributed by atoms with Gasteiger partial charge in [-0.2, -0.15) is 0 Å². The smallest absolute Gasteiger partial charge is 0.410 e. The maximum Gasteiger partial charge on any atom is 0.410 e. The van der Waals surface area contributed by atoms with Crippen LogP contribution in [0.25, 0.3) is 11.1 Å². The normalized spacial score (nSPS) is 19.3. The van der Waals surface area contributed by atoms with E-state index in [4.69, 9.17) is 9.47 Å². The number of rotatable bonds is 0. The lowest BCUT2D eigenvalue weighted by Gasteiger charge is -2.42. The van der Waals surface area contributed by atoms with Crippen LogP contribution >= 0.6 is 0 Å². The molecule has 1 saturated heterocycles. The van der Waals surface area contributed by atoms with Crippen LogP contribution in [0.5, 0.6) is 5.75 Å². The Kier molecular flexibility index (Phi) is 9.26. The summed E-state index contributed by atoms with van der Waals surface area (Å²) in [6, 6.07) is 9.78. The Morgan fingerprint density at radius 1 is 1.03 bits per heavy atom. The first-order valence-electron chi connectivity index (χ1n) is 13.9. The summed E-state index contributed by atoms with van der Waals surface area (Å²) in [6.45, 7) is 10.0. The second-order valence-corrected chi connectivity index (χ2v) is 11.5. The number of nitrogens with zero attached hydrogens (tertiary/aromatic N) is 2. The van der Waals surface area contributed by atoms with E-state index in [1.807, 2.05) is 51.1 Å². The third-order valence-electron chi connectivity index (χ3n) is 7.36. The molecule has 0 aliphatic carbocycles. The fourth-order valence-corrected chi connectivity index (χ4v) is 5.17. The summed E-state index contributed by atoms with van der Waals surface area (Å²) in [5.41, 5.74) is 1.74. The number of para-hydroxylation sites is 1. The highest BCUT2D eigenvalue weighted by atomic mass is 16.6. The Morgan fingerprint density at radius 3 is 2.55 bits per heavy atom. The zero-order valence-electron chi connectivity index (χ0n) is 23.1. The van der Waals surface area contributed by atoms with E-state index in [1.165, 1.54) is 0 Å². The summed E-state index contributed by atoms with van der Waals surface area (Å²) >= 11 is 0. The number of carbonyl (C=O) groups is 2. The molecule has 38 heavy (non-hydrogen) atoms. The molecule has 0 unspecified atom stereocenters. The molecule has 2 N–H and O–H groups in total. The number of amides is 2. The van der Waals surface area contributed by atoms with E-state index in [0.717, 1.165) is 68.5 Å². The van der Waals surface area contributed by atoms with Crippen molar-refractivity contribution < 1.29 is 19.1 Å². The fourth-order valence-electron chi connectivity index (χ4n) is 5.17. The van der Waals surface area contributed by atoms with Crippen molar-refractivity contribution in [2.75, 3.05) is 39.3 Å². The number of hydrogen-bond donors (Lipinski definition) is 2. The summed E-state index contributed by atoms with van der Waals surface area (Å²) in [4.78, 5) is 32.0. The minimum absolute atomic E-state index is 0.0627. The van der Waals surface area contributed by atoms with Gasteiger partial charge in [-0.15, -0.1) is 0 Å². The Hall–Kier alpha value is -3.13. The van der Waals surface area contributed by atoms with E-state index in [1.54, 1.807) is 17.3 Å². The molecular weight excluding hydrogens is 480 g/mol. The van der Waals surface area contributed by atoms with Gasteiger partial charge in [-0.25, -0.2) is 4.79 Å². The summed E-state index contributed by atoms with van der Waals surface area (Å²) in [5, 5.41) is 6.76. The molecule has 2 bridgehead atoms. The van der Waals surface area contributed by atoms with Crippen molar-refractivity contribution in [3.8, 4) is 16.9 Å². The molecule has 8 nitrogen and oxygen atoms in total. The first kappa shape index (κ1) is 27.9. The monoisotopic (exact) mass is 522 g/mol. The molecular formula is C30H42N4O4. The van der Waals surface area contributed by atoms with Crippen LogP contribution in [-0.4, -0.2) is 66.8 Å². The molecule has 1 aromatic carbocycles. The van der Waals surface area contributed by atoms with Crippen LogP contribution in [0.4, 0.5) is 4.79 Å². The van der Waals surface area contributed by atoms with E-state index < -0.39 is 5.60 Å². The number of nitrogens with one attached hydrogen (secondary N) is 2. The van der Waals surface area contributed by atoms with Crippen molar-refractivity contribution in [1.82, 2.24) is 20.5 Å². The average Bonchev–Trinajstić information content (AvgIpc) is 2.90. The van der Waals surface area contributed by atoms with Crippen molar-refractivity contribution in [3.63, 3.8) is 0 Å². The summed E-state index contributed by atoms with van der Waals surface area (Å²) in [6.07, 6.45) is 8.80. The van der Waals surface area contributed by atoms with Gasteiger partial charge in [0.1, 0.15) is 11.4 Å². The van der Waals surface area contributed by atoms with Crippen LogP contribution in [0.15, 0.2) is 42.7 Å². The number of piperidine rings is 1. The molecule has 1 spiro atoms. The molecule has 1 fully saturated rings. The number of hydrogen-bond acceptors (Lipinski definition) is 6. The Bertz CT molecular complexity index is 1090. The molecule has 8 heteroatoms. The van der Waals surface area contributed by atoms with Crippen LogP contribution < -0.4 is 15.4 Å². The second-order valence-electron chi connectivity index (χ2n) is 11.5. The first-order valence-corrected chi connectivity index (χ1v) is 13.9. The summed E-state index contributed by atoms with van der Waals surface area (Å²) < 4.78 is 11.7. The number of carbonyl (C=O) groups excluding carboxylic acids is 2. The first-order chi connectivity index (χ1) is 18.2. The van der Waals surface area contributed by atoms with Gasteiger partial charge in [0.25, 0.3) is 5.91 Å². The SMILES string of the molecule is CC(C)(C)OC(=O)N1CCC2(CCCNCCCCOc3ccccc3-c3cncc(c3)C(=O)NC2)CC1. The summed E-state index contributed by atoms with van der Waals surface area (Å²) in [7, 11) is 0. The van der Waals surface area contributed by atoms with Gasteiger partial charge in [0.2, 0.25) is 0 Å². The number of pyridine rings is 1. The van der Waals surface area contributed by atoms with Crippen LogP contribution in [0.2, 0.25) is 0 Å². The standard InChI is InChI=1S/C30H42N4O4/c1-29(2,3)38-28(36)34-16-12-30(13-17-34)11-8-15-31-14-6-7-18-37-26-10-5-4-9-25(26)23-19-24(21-32-20-23)27(35)33-22-30/h4-5,9-10,19-21,31H,6-8,11-18,22H2,1-3H3,(H,33,35). The van der Waals surface area contributed by atoms with Crippen LogP contribution in [0, 0.1) is 5.41 Å². The van der Waals surface area contributed by atoms with Crippen molar-refractivity contribution in [1.29, 1.82) is 0 Å². The lowest BCUT2D eigenvalue weighted by Crippen LogP contribution is -2.49. The van der Waals surface area contributed by atoms with E-state index in [-0.39, 0.29) is 17.4 Å². The molecule has 4 rings (SSSR count). The largest absolute Gasteiger partial charge is 0.493 e. The molecule has 2 aliphatic rings. The number of fused-ring (bicyclic) bond motifs is 4. The third-order valence-corrected chi connectivity index (χ3v) is 7.36. The second kappa shape index (κ2) is 12.6. The van der Waals surface area contributed by atoms with Crippen molar-refractivity contribution in [2.24, 2.45) is 5.41 Å². The van der Waals surface area contributed by atoms with Crippen molar-refractivity contribution in [2.45, 2.75) is 64.9 Å². The van der Waals surface area contributed by atoms with Crippen LogP contribution in [-0.2, 0) is 4.74 Å². The van der Waals surface area contributed by atoms with Gasteiger partial charge >= 0.3 is 6.09 Å². The predicted octanol–water partition coefficient (Wildman–Crippen LogP) is 5.04. The Labute approximate surface area is 226 Å². The predicted molar refractivity (Wildman–Crippen MR) is 148 cm³/mol. The lowest BCUT2D eigenvalue weighted by atomic mass is 9.74. The zero-order chi connectivity index (χ0) is 27.0. The fraction of sp³-hybridized carbons (Fsp3) is 0.567. The molecule has 0 saturated carbocycles. The Balaban J connectivity index is 1.50. The van der Waals surface area contributed by atoms with Gasteiger partial charge in [0.05, 0.1) is 12.2 Å². The highest BCUT2D eigenvalue weighted by Crippen LogP contribution is 2.36. The highest BCUT2D eigenvalue weighted by molar-refractivity contribution is 5.95. The van der Waals surface area contributed by atoms with Gasteiger partial charge < -0.3 is 25.0 Å². The molecule has 0 atom stereocenters. The minimum atomic E-state index is -0.513. The quantitative estimate of drug-likeness (QED) is 0.504. The third kappa shape index (κ3) is 7.69. The topological polar surface area (TPSA) is 92.8 Å². The highest BCUT2D eigenvalue weighted by Gasteiger charge is 2.37. The minimum Gasteiger partial charge on any atom is -0.493 e.